The van der Waals surface area contributed by atoms with Gasteiger partial charge in [0.05, 0.1) is 11.1 Å². The maximum absolute atomic E-state index is 9.45. The van der Waals surface area contributed by atoms with Gasteiger partial charge in [0.1, 0.15) is 11.5 Å². The lowest BCUT2D eigenvalue weighted by molar-refractivity contribution is 0.317. The molecule has 0 spiro atoms. The van der Waals surface area contributed by atoms with E-state index in [4.69, 9.17) is 4.74 Å². The molecule has 2 rings (SSSR count). The third-order valence-electron chi connectivity index (χ3n) is 2.84. The fraction of sp³-hybridized carbons (Fsp3) is 0.250. The van der Waals surface area contributed by atoms with Crippen LogP contribution in [0.5, 0.6) is 11.5 Å². The molecule has 20 heavy (non-hydrogen) atoms. The Hall–Kier alpha value is -1.68. The Labute approximate surface area is 127 Å². The molecule has 0 aliphatic rings. The summed E-state index contributed by atoms with van der Waals surface area (Å²) in [5.74, 6) is 1.15. The molecule has 106 valence electrons. The van der Waals surface area contributed by atoms with Crippen molar-refractivity contribution in [3.63, 3.8) is 0 Å². The number of anilines is 1. The zero-order chi connectivity index (χ0) is 14.4. The second-order valence-electron chi connectivity index (χ2n) is 4.51. The number of halogens is 1. The average Bonchev–Trinajstić information content (AvgIpc) is 2.47. The van der Waals surface area contributed by atoms with Gasteiger partial charge in [-0.2, -0.15) is 0 Å². The molecule has 0 bridgehead atoms. The van der Waals surface area contributed by atoms with E-state index in [1.54, 1.807) is 6.07 Å². The van der Waals surface area contributed by atoms with E-state index in [9.17, 15) is 5.11 Å². The Morgan fingerprint density at radius 3 is 2.55 bits per heavy atom. The zero-order valence-corrected chi connectivity index (χ0v) is 13.0. The van der Waals surface area contributed by atoms with Crippen molar-refractivity contribution in [2.24, 2.45) is 0 Å². The summed E-state index contributed by atoms with van der Waals surface area (Å²) in [4.78, 5) is 0. The van der Waals surface area contributed by atoms with E-state index in [0.29, 0.717) is 11.0 Å². The van der Waals surface area contributed by atoms with E-state index in [2.05, 4.69) is 28.2 Å². The quantitative estimate of drug-likeness (QED) is 0.813. The maximum Gasteiger partial charge on any atom is 0.129 e. The molecule has 0 aromatic heterocycles. The van der Waals surface area contributed by atoms with E-state index in [1.807, 2.05) is 36.4 Å². The predicted octanol–water partition coefficient (Wildman–Crippen LogP) is 4.56. The van der Waals surface area contributed by atoms with Crippen LogP contribution in [-0.4, -0.2) is 11.7 Å². The van der Waals surface area contributed by atoms with Crippen molar-refractivity contribution >= 4 is 21.6 Å². The second kappa shape index (κ2) is 7.20. The van der Waals surface area contributed by atoms with Crippen LogP contribution in [0.1, 0.15) is 18.9 Å². The molecular weight excluding hydrogens is 318 g/mol. The van der Waals surface area contributed by atoms with Crippen LogP contribution in [0.2, 0.25) is 0 Å². The maximum atomic E-state index is 9.45. The SMILES string of the molecule is CCCOc1ccc(NCc2ccc(O)c(Br)c2)cc1. The number of nitrogens with one attached hydrogen (secondary N) is 1. The predicted molar refractivity (Wildman–Crippen MR) is 85.4 cm³/mol. The first-order valence-corrected chi connectivity index (χ1v) is 7.42. The van der Waals surface area contributed by atoms with Gasteiger partial charge in [-0.3, -0.25) is 0 Å². The molecule has 0 atom stereocenters. The molecule has 0 saturated carbocycles. The fourth-order valence-electron chi connectivity index (χ4n) is 1.75. The van der Waals surface area contributed by atoms with E-state index in [1.165, 1.54) is 0 Å². The van der Waals surface area contributed by atoms with Crippen molar-refractivity contribution in [3.8, 4) is 11.5 Å². The molecule has 2 aromatic rings. The normalized spacial score (nSPS) is 10.3. The first-order valence-electron chi connectivity index (χ1n) is 6.63. The monoisotopic (exact) mass is 335 g/mol. The van der Waals surface area contributed by atoms with Crippen LogP contribution in [-0.2, 0) is 6.54 Å². The molecule has 0 saturated heterocycles. The van der Waals surface area contributed by atoms with Crippen LogP contribution in [0, 0.1) is 0 Å². The number of phenols is 1. The summed E-state index contributed by atoms with van der Waals surface area (Å²) >= 11 is 3.31. The summed E-state index contributed by atoms with van der Waals surface area (Å²) in [6.07, 6.45) is 1.01. The van der Waals surface area contributed by atoms with Gasteiger partial charge in [0.25, 0.3) is 0 Å². The molecular formula is C16H18BrNO2. The van der Waals surface area contributed by atoms with Gasteiger partial charge < -0.3 is 15.2 Å². The van der Waals surface area contributed by atoms with Crippen molar-refractivity contribution < 1.29 is 9.84 Å². The highest BCUT2D eigenvalue weighted by Gasteiger charge is 2.00. The molecule has 2 aromatic carbocycles. The summed E-state index contributed by atoms with van der Waals surface area (Å²) in [5, 5.41) is 12.8. The highest BCUT2D eigenvalue weighted by molar-refractivity contribution is 9.10. The highest BCUT2D eigenvalue weighted by Crippen LogP contribution is 2.25. The largest absolute Gasteiger partial charge is 0.507 e. The van der Waals surface area contributed by atoms with Gasteiger partial charge in [-0.25, -0.2) is 0 Å². The number of hydrogen-bond donors (Lipinski definition) is 2. The number of ether oxygens (including phenoxy) is 1. The van der Waals surface area contributed by atoms with Crippen LogP contribution >= 0.6 is 15.9 Å². The average molecular weight is 336 g/mol. The van der Waals surface area contributed by atoms with Crippen LogP contribution in [0.25, 0.3) is 0 Å². The van der Waals surface area contributed by atoms with Gasteiger partial charge in [-0.1, -0.05) is 13.0 Å². The minimum atomic E-state index is 0.256. The topological polar surface area (TPSA) is 41.5 Å². The first kappa shape index (κ1) is 14.7. The smallest absolute Gasteiger partial charge is 0.129 e. The van der Waals surface area contributed by atoms with Gasteiger partial charge in [-0.15, -0.1) is 0 Å². The van der Waals surface area contributed by atoms with Gasteiger partial charge in [0, 0.05) is 12.2 Å². The number of hydrogen-bond acceptors (Lipinski definition) is 3. The van der Waals surface area contributed by atoms with Crippen LogP contribution in [0.3, 0.4) is 0 Å². The number of phenolic OH excluding ortho intramolecular Hbond substituents is 1. The van der Waals surface area contributed by atoms with Crippen molar-refractivity contribution in [1.82, 2.24) is 0 Å². The summed E-state index contributed by atoms with van der Waals surface area (Å²) in [6.45, 7) is 3.54. The Bertz CT molecular complexity index is 555. The van der Waals surface area contributed by atoms with E-state index >= 15 is 0 Å². The molecule has 0 heterocycles. The van der Waals surface area contributed by atoms with Gasteiger partial charge in [0.15, 0.2) is 0 Å². The number of aromatic hydroxyl groups is 1. The molecule has 3 nitrogen and oxygen atoms in total. The Morgan fingerprint density at radius 1 is 1.15 bits per heavy atom. The number of benzene rings is 2. The summed E-state index contributed by atoms with van der Waals surface area (Å²) < 4.78 is 6.25. The Balaban J connectivity index is 1.91. The van der Waals surface area contributed by atoms with Gasteiger partial charge >= 0.3 is 0 Å². The van der Waals surface area contributed by atoms with Crippen LogP contribution in [0.4, 0.5) is 5.69 Å². The highest BCUT2D eigenvalue weighted by atomic mass is 79.9. The second-order valence-corrected chi connectivity index (χ2v) is 5.37. The third kappa shape index (κ3) is 4.17. The lowest BCUT2D eigenvalue weighted by Gasteiger charge is -2.09. The fourth-order valence-corrected chi connectivity index (χ4v) is 2.18. The van der Waals surface area contributed by atoms with Crippen molar-refractivity contribution in [2.75, 3.05) is 11.9 Å². The molecule has 0 aliphatic heterocycles. The third-order valence-corrected chi connectivity index (χ3v) is 3.47. The van der Waals surface area contributed by atoms with E-state index in [-0.39, 0.29) is 5.75 Å². The van der Waals surface area contributed by atoms with E-state index in [0.717, 1.165) is 30.0 Å². The van der Waals surface area contributed by atoms with Crippen LogP contribution in [0.15, 0.2) is 46.9 Å². The van der Waals surface area contributed by atoms with Crippen molar-refractivity contribution in [3.05, 3.63) is 52.5 Å². The molecule has 0 fully saturated rings. The Kier molecular flexibility index (Phi) is 5.30. The lowest BCUT2D eigenvalue weighted by atomic mass is 10.2. The molecule has 0 amide bonds. The van der Waals surface area contributed by atoms with Crippen molar-refractivity contribution in [1.29, 1.82) is 0 Å². The lowest BCUT2D eigenvalue weighted by Crippen LogP contribution is -2.00. The Morgan fingerprint density at radius 2 is 1.90 bits per heavy atom. The summed E-state index contributed by atoms with van der Waals surface area (Å²) in [5.41, 5.74) is 2.14. The van der Waals surface area contributed by atoms with Crippen molar-refractivity contribution in [2.45, 2.75) is 19.9 Å². The first-order chi connectivity index (χ1) is 9.69. The molecule has 0 radical (unpaired) electrons. The molecule has 0 aliphatic carbocycles. The molecule has 2 N–H and O–H groups in total. The van der Waals surface area contributed by atoms with Crippen LogP contribution < -0.4 is 10.1 Å². The molecule has 0 unspecified atom stereocenters. The van der Waals surface area contributed by atoms with E-state index < -0.39 is 0 Å². The number of rotatable bonds is 6. The summed E-state index contributed by atoms with van der Waals surface area (Å²) in [7, 11) is 0. The van der Waals surface area contributed by atoms with Gasteiger partial charge in [-0.05, 0) is 64.3 Å². The van der Waals surface area contributed by atoms with Gasteiger partial charge in [0.2, 0.25) is 0 Å². The minimum Gasteiger partial charge on any atom is -0.507 e. The molecule has 4 heteroatoms. The zero-order valence-electron chi connectivity index (χ0n) is 11.4. The minimum absolute atomic E-state index is 0.256. The summed E-state index contributed by atoms with van der Waals surface area (Å²) in [6, 6.07) is 13.4. The standard InChI is InChI=1S/C16H18BrNO2/c1-2-9-20-14-6-4-13(5-7-14)18-11-12-3-8-16(19)15(17)10-12/h3-8,10,18-19H,2,9,11H2,1H3.